The largest absolute Gasteiger partial charge is 0.422 e. The third-order valence-corrected chi connectivity index (χ3v) is 4.02. The molecule has 0 atom stereocenters. The van der Waals surface area contributed by atoms with Crippen LogP contribution in [-0.2, 0) is 0 Å². The Balaban J connectivity index is 1.80. The Morgan fingerprint density at radius 2 is 1.46 bits per heavy atom. The highest BCUT2D eigenvalue weighted by Crippen LogP contribution is 2.23. The van der Waals surface area contributed by atoms with Crippen LogP contribution in [0.15, 0.2) is 84.9 Å². The molecule has 128 valence electrons. The first kappa shape index (κ1) is 17.6. The highest BCUT2D eigenvalue weighted by atomic mass is 35.5. The molecule has 0 saturated carbocycles. The van der Waals surface area contributed by atoms with Gasteiger partial charge in [0.05, 0.1) is 10.6 Å². The lowest BCUT2D eigenvalue weighted by molar-refractivity contribution is 0.0734. The van der Waals surface area contributed by atoms with Crippen LogP contribution in [0.5, 0.6) is 5.75 Å². The summed E-state index contributed by atoms with van der Waals surface area (Å²) in [6, 6.07) is 22.6. The summed E-state index contributed by atoms with van der Waals surface area (Å²) in [5, 5.41) is 0.324. The lowest BCUT2D eigenvalue weighted by Crippen LogP contribution is -2.09. The van der Waals surface area contributed by atoms with E-state index in [0.717, 1.165) is 0 Å². The number of allylic oxidation sites excluding steroid dienone is 1. The van der Waals surface area contributed by atoms with E-state index in [0.29, 0.717) is 21.9 Å². The molecule has 0 bridgehead atoms. The number of rotatable bonds is 5. The SMILES string of the molecule is O=C(C=Cc1ccccc1OC(=O)c1ccccc1Cl)c1ccccc1. The van der Waals surface area contributed by atoms with Crippen LogP contribution in [0.4, 0.5) is 0 Å². The summed E-state index contributed by atoms with van der Waals surface area (Å²) in [6.45, 7) is 0. The monoisotopic (exact) mass is 362 g/mol. The fourth-order valence-corrected chi connectivity index (χ4v) is 2.57. The molecule has 0 fully saturated rings. The van der Waals surface area contributed by atoms with Gasteiger partial charge in [-0.3, -0.25) is 4.79 Å². The van der Waals surface area contributed by atoms with Crippen molar-refractivity contribution < 1.29 is 14.3 Å². The Hall–Kier alpha value is -3.17. The van der Waals surface area contributed by atoms with Gasteiger partial charge in [-0.2, -0.15) is 0 Å². The number of esters is 1. The van der Waals surface area contributed by atoms with Crippen LogP contribution in [0, 0.1) is 0 Å². The number of hydrogen-bond acceptors (Lipinski definition) is 3. The molecule has 26 heavy (non-hydrogen) atoms. The quantitative estimate of drug-likeness (QED) is 0.262. The second-order valence-corrected chi connectivity index (χ2v) is 5.88. The zero-order valence-electron chi connectivity index (χ0n) is 13.8. The molecule has 0 aromatic heterocycles. The van der Waals surface area contributed by atoms with Gasteiger partial charge in [-0.1, -0.05) is 72.3 Å². The van der Waals surface area contributed by atoms with Crippen molar-refractivity contribution in [2.45, 2.75) is 0 Å². The van der Waals surface area contributed by atoms with Crippen molar-refractivity contribution in [3.05, 3.63) is 107 Å². The van der Waals surface area contributed by atoms with Crippen molar-refractivity contribution in [2.75, 3.05) is 0 Å². The topological polar surface area (TPSA) is 43.4 Å². The number of ketones is 1. The van der Waals surface area contributed by atoms with Gasteiger partial charge in [0.15, 0.2) is 5.78 Å². The first-order chi connectivity index (χ1) is 12.6. The number of hydrogen-bond donors (Lipinski definition) is 0. The summed E-state index contributed by atoms with van der Waals surface area (Å²) >= 11 is 6.04. The minimum Gasteiger partial charge on any atom is -0.422 e. The van der Waals surface area contributed by atoms with Gasteiger partial charge < -0.3 is 4.74 Å². The molecule has 0 saturated heterocycles. The standard InChI is InChI=1S/C22H15ClO3/c23-19-12-6-5-11-18(19)22(25)26-21-13-7-4-10-17(21)14-15-20(24)16-8-2-1-3-9-16/h1-15H. The molecule has 0 aliphatic heterocycles. The number of carbonyl (C=O) groups excluding carboxylic acids is 2. The Morgan fingerprint density at radius 3 is 2.23 bits per heavy atom. The molecule has 0 heterocycles. The second kappa shape index (κ2) is 8.28. The molecule has 0 N–H and O–H groups in total. The Bertz CT molecular complexity index is 962. The lowest BCUT2D eigenvalue weighted by Gasteiger charge is -2.08. The van der Waals surface area contributed by atoms with E-state index in [4.69, 9.17) is 16.3 Å². The van der Waals surface area contributed by atoms with E-state index in [1.807, 2.05) is 6.07 Å². The van der Waals surface area contributed by atoms with E-state index in [1.54, 1.807) is 78.9 Å². The van der Waals surface area contributed by atoms with E-state index in [9.17, 15) is 9.59 Å². The fraction of sp³-hybridized carbons (Fsp3) is 0. The molecule has 0 radical (unpaired) electrons. The van der Waals surface area contributed by atoms with E-state index in [1.165, 1.54) is 6.08 Å². The maximum Gasteiger partial charge on any atom is 0.345 e. The predicted molar refractivity (Wildman–Crippen MR) is 103 cm³/mol. The molecular weight excluding hydrogens is 348 g/mol. The molecule has 3 nitrogen and oxygen atoms in total. The van der Waals surface area contributed by atoms with Gasteiger partial charge in [0.1, 0.15) is 5.75 Å². The zero-order chi connectivity index (χ0) is 18.4. The minimum atomic E-state index is -0.550. The van der Waals surface area contributed by atoms with Crippen LogP contribution in [-0.4, -0.2) is 11.8 Å². The second-order valence-electron chi connectivity index (χ2n) is 5.47. The number of halogens is 1. The van der Waals surface area contributed by atoms with Gasteiger partial charge in [0, 0.05) is 11.1 Å². The molecule has 4 heteroatoms. The molecule has 0 amide bonds. The van der Waals surface area contributed by atoms with Gasteiger partial charge in [0.2, 0.25) is 0 Å². The minimum absolute atomic E-state index is 0.127. The van der Waals surface area contributed by atoms with Crippen LogP contribution in [0.1, 0.15) is 26.3 Å². The van der Waals surface area contributed by atoms with Crippen molar-refractivity contribution in [1.29, 1.82) is 0 Å². The Morgan fingerprint density at radius 1 is 0.808 bits per heavy atom. The number of benzene rings is 3. The Labute approximate surface area is 156 Å². The average molecular weight is 363 g/mol. The lowest BCUT2D eigenvalue weighted by atomic mass is 10.1. The molecule has 0 aliphatic carbocycles. The molecule has 3 aromatic rings. The number of para-hydroxylation sites is 1. The first-order valence-corrected chi connectivity index (χ1v) is 8.36. The van der Waals surface area contributed by atoms with Gasteiger partial charge in [-0.25, -0.2) is 4.79 Å². The van der Waals surface area contributed by atoms with E-state index in [2.05, 4.69) is 0 Å². The van der Waals surface area contributed by atoms with Crippen LogP contribution in [0.2, 0.25) is 5.02 Å². The molecular formula is C22H15ClO3. The molecule has 3 aromatic carbocycles. The van der Waals surface area contributed by atoms with Crippen LogP contribution >= 0.6 is 11.6 Å². The average Bonchev–Trinajstić information content (AvgIpc) is 2.68. The maximum atomic E-state index is 12.3. The molecule has 0 unspecified atom stereocenters. The normalized spacial score (nSPS) is 10.7. The summed E-state index contributed by atoms with van der Waals surface area (Å²) < 4.78 is 5.46. The number of carbonyl (C=O) groups is 2. The van der Waals surface area contributed by atoms with E-state index < -0.39 is 5.97 Å². The van der Waals surface area contributed by atoms with Gasteiger partial charge in [-0.05, 0) is 30.4 Å². The number of ether oxygens (including phenoxy) is 1. The van der Waals surface area contributed by atoms with Gasteiger partial charge in [0.25, 0.3) is 0 Å². The van der Waals surface area contributed by atoms with E-state index in [-0.39, 0.29) is 11.3 Å². The highest BCUT2D eigenvalue weighted by Gasteiger charge is 2.13. The van der Waals surface area contributed by atoms with Crippen molar-refractivity contribution in [1.82, 2.24) is 0 Å². The third-order valence-electron chi connectivity index (χ3n) is 3.69. The van der Waals surface area contributed by atoms with Crippen LogP contribution in [0.25, 0.3) is 6.08 Å². The molecule has 0 aliphatic rings. The first-order valence-electron chi connectivity index (χ1n) is 7.98. The summed E-state index contributed by atoms with van der Waals surface area (Å²) in [5.41, 5.74) is 1.50. The van der Waals surface area contributed by atoms with Crippen molar-refractivity contribution in [3.63, 3.8) is 0 Å². The van der Waals surface area contributed by atoms with Crippen LogP contribution in [0.3, 0.4) is 0 Å². The van der Waals surface area contributed by atoms with E-state index >= 15 is 0 Å². The summed E-state index contributed by atoms with van der Waals surface area (Å²) in [6.07, 6.45) is 3.09. The zero-order valence-corrected chi connectivity index (χ0v) is 14.5. The molecule has 3 rings (SSSR count). The smallest absolute Gasteiger partial charge is 0.345 e. The van der Waals surface area contributed by atoms with Crippen molar-refractivity contribution in [2.24, 2.45) is 0 Å². The highest BCUT2D eigenvalue weighted by molar-refractivity contribution is 6.33. The molecule has 0 spiro atoms. The predicted octanol–water partition coefficient (Wildman–Crippen LogP) is 5.46. The summed E-state index contributed by atoms with van der Waals surface area (Å²) in [5.74, 6) is -0.321. The third kappa shape index (κ3) is 4.26. The Kier molecular flexibility index (Phi) is 5.62. The maximum absolute atomic E-state index is 12.3. The van der Waals surface area contributed by atoms with Gasteiger partial charge >= 0.3 is 5.97 Å². The summed E-state index contributed by atoms with van der Waals surface area (Å²) in [4.78, 5) is 24.6. The summed E-state index contributed by atoms with van der Waals surface area (Å²) in [7, 11) is 0. The van der Waals surface area contributed by atoms with Crippen molar-refractivity contribution in [3.8, 4) is 5.75 Å². The van der Waals surface area contributed by atoms with Gasteiger partial charge in [-0.15, -0.1) is 0 Å². The fourth-order valence-electron chi connectivity index (χ4n) is 2.36. The van der Waals surface area contributed by atoms with Crippen molar-refractivity contribution >= 4 is 29.4 Å². The van der Waals surface area contributed by atoms with Crippen LogP contribution < -0.4 is 4.74 Å².